The highest BCUT2D eigenvalue weighted by Crippen LogP contribution is 2.32. The molecule has 1 unspecified atom stereocenters. The summed E-state index contributed by atoms with van der Waals surface area (Å²) in [5, 5.41) is 0. The van der Waals surface area contributed by atoms with Gasteiger partial charge in [0.15, 0.2) is 22.9 Å². The molecule has 0 spiro atoms. The van der Waals surface area contributed by atoms with Crippen LogP contribution in [-0.2, 0) is 23.8 Å². The summed E-state index contributed by atoms with van der Waals surface area (Å²) in [4.78, 5) is 44.0. The van der Waals surface area contributed by atoms with Gasteiger partial charge in [0, 0.05) is 7.11 Å². The van der Waals surface area contributed by atoms with Gasteiger partial charge in [-0.3, -0.25) is 9.36 Å². The first-order chi connectivity index (χ1) is 20.7. The number of methoxy groups -OCH3 is 2. The second kappa shape index (κ2) is 14.3. The Hall–Kier alpha value is -4.22. The van der Waals surface area contributed by atoms with Crippen molar-refractivity contribution in [1.29, 1.82) is 0 Å². The van der Waals surface area contributed by atoms with Gasteiger partial charge in [-0.25, -0.2) is 14.6 Å². The number of fused-ring (bicyclic) bond motifs is 1. The fourth-order valence-corrected chi connectivity index (χ4v) is 5.65. The molecule has 0 radical (unpaired) electrons. The zero-order valence-electron chi connectivity index (χ0n) is 25.2. The summed E-state index contributed by atoms with van der Waals surface area (Å²) in [6.45, 7) is 8.24. The van der Waals surface area contributed by atoms with Crippen LogP contribution in [0.25, 0.3) is 6.08 Å². The molecular formula is C32H36N2O8S. The maximum absolute atomic E-state index is 14.0. The largest absolute Gasteiger partial charge is 0.490 e. The number of ether oxygens (including phenoxy) is 5. The number of aromatic nitrogens is 1. The van der Waals surface area contributed by atoms with E-state index in [1.807, 2.05) is 31.2 Å². The third kappa shape index (κ3) is 7.23. The molecule has 0 bridgehead atoms. The summed E-state index contributed by atoms with van der Waals surface area (Å²) >= 11 is 1.23. The van der Waals surface area contributed by atoms with E-state index in [0.717, 1.165) is 11.1 Å². The van der Waals surface area contributed by atoms with Crippen molar-refractivity contribution < 1.29 is 33.3 Å². The monoisotopic (exact) mass is 608 g/mol. The second-order valence-electron chi connectivity index (χ2n) is 10.0. The first-order valence-corrected chi connectivity index (χ1v) is 14.7. The molecule has 2 aromatic carbocycles. The minimum atomic E-state index is -0.720. The number of thiazole rings is 1. The molecule has 1 aliphatic heterocycles. The number of hydrogen-bond acceptors (Lipinski definition) is 10. The normalized spacial score (nSPS) is 14.8. The second-order valence-corrected chi connectivity index (χ2v) is 11.0. The number of carbonyl (C=O) groups excluding carboxylic acids is 2. The van der Waals surface area contributed by atoms with Gasteiger partial charge in [-0.1, -0.05) is 55.5 Å². The standard InChI is InChI=1S/C32H36N2O8S/c1-7-40-25-16-21(8-13-24(25)42-18-27(35)39-6)17-26-30(36)34-29(23-11-9-22(10-12-23)19(2)3)28(20(4)33-32(34)43-26)31(37)41-15-14-38-5/h8-13,16-17,19,29H,7,14-15,18H2,1-6H3. The van der Waals surface area contributed by atoms with E-state index in [-0.39, 0.29) is 25.4 Å². The molecule has 3 aromatic rings. The van der Waals surface area contributed by atoms with Gasteiger partial charge in [-0.15, -0.1) is 0 Å². The van der Waals surface area contributed by atoms with Crippen LogP contribution < -0.4 is 24.4 Å². The number of carbonyl (C=O) groups is 2. The van der Waals surface area contributed by atoms with Gasteiger partial charge in [0.1, 0.15) is 6.61 Å². The van der Waals surface area contributed by atoms with Crippen LogP contribution in [0.15, 0.2) is 63.5 Å². The van der Waals surface area contributed by atoms with Crippen molar-refractivity contribution in [3.05, 3.63) is 90.1 Å². The van der Waals surface area contributed by atoms with Crippen LogP contribution in [0.5, 0.6) is 11.5 Å². The van der Waals surface area contributed by atoms with Crippen LogP contribution in [-0.4, -0.2) is 57.2 Å². The summed E-state index contributed by atoms with van der Waals surface area (Å²) in [6.07, 6.45) is 1.74. The average Bonchev–Trinajstić information content (AvgIpc) is 3.29. The molecular weight excluding hydrogens is 572 g/mol. The van der Waals surface area contributed by atoms with Crippen molar-refractivity contribution in [3.8, 4) is 11.5 Å². The van der Waals surface area contributed by atoms with Gasteiger partial charge in [0.05, 0.1) is 42.2 Å². The number of hydrogen-bond donors (Lipinski definition) is 0. The highest BCUT2D eigenvalue weighted by molar-refractivity contribution is 7.07. The van der Waals surface area contributed by atoms with E-state index in [1.165, 1.54) is 25.6 Å². The van der Waals surface area contributed by atoms with Crippen molar-refractivity contribution in [2.45, 2.75) is 39.7 Å². The predicted molar refractivity (Wildman–Crippen MR) is 162 cm³/mol. The Balaban J connectivity index is 1.81. The maximum Gasteiger partial charge on any atom is 0.343 e. The van der Waals surface area contributed by atoms with Gasteiger partial charge in [-0.05, 0) is 54.7 Å². The Labute approximate surface area is 253 Å². The molecule has 0 fully saturated rings. The van der Waals surface area contributed by atoms with Crippen LogP contribution in [0.1, 0.15) is 56.3 Å². The predicted octanol–water partition coefficient (Wildman–Crippen LogP) is 3.50. The molecule has 0 saturated carbocycles. The van der Waals surface area contributed by atoms with Crippen LogP contribution in [0.4, 0.5) is 0 Å². The molecule has 0 N–H and O–H groups in total. The van der Waals surface area contributed by atoms with Gasteiger partial charge >= 0.3 is 11.9 Å². The van der Waals surface area contributed by atoms with E-state index in [1.54, 1.807) is 35.8 Å². The lowest BCUT2D eigenvalue weighted by Crippen LogP contribution is -2.40. The van der Waals surface area contributed by atoms with Crippen molar-refractivity contribution in [2.24, 2.45) is 4.99 Å². The molecule has 0 amide bonds. The molecule has 11 heteroatoms. The van der Waals surface area contributed by atoms with Crippen LogP contribution in [0, 0.1) is 0 Å². The Morgan fingerprint density at radius 3 is 2.44 bits per heavy atom. The number of nitrogens with zero attached hydrogens (tertiary/aromatic N) is 2. The minimum Gasteiger partial charge on any atom is -0.490 e. The van der Waals surface area contributed by atoms with E-state index in [2.05, 4.69) is 23.6 Å². The van der Waals surface area contributed by atoms with Crippen molar-refractivity contribution in [3.63, 3.8) is 0 Å². The Morgan fingerprint density at radius 2 is 1.79 bits per heavy atom. The highest BCUT2D eigenvalue weighted by Gasteiger charge is 2.33. The van der Waals surface area contributed by atoms with Crippen LogP contribution in [0.2, 0.25) is 0 Å². The zero-order chi connectivity index (χ0) is 31.1. The summed E-state index contributed by atoms with van der Waals surface area (Å²) in [6, 6.07) is 12.4. The van der Waals surface area contributed by atoms with Gasteiger partial charge in [-0.2, -0.15) is 0 Å². The number of benzene rings is 2. The molecule has 10 nitrogen and oxygen atoms in total. The lowest BCUT2D eigenvalue weighted by Gasteiger charge is -2.25. The number of allylic oxidation sites excluding steroid dienone is 1. The molecule has 1 aliphatic rings. The SMILES string of the molecule is CCOc1cc(C=c2sc3n(c2=O)C(c2ccc(C(C)C)cc2)C(C(=O)OCCOC)=C(C)N=3)ccc1OCC(=O)OC. The fourth-order valence-electron chi connectivity index (χ4n) is 4.61. The van der Waals surface area contributed by atoms with Crippen LogP contribution in [0.3, 0.4) is 0 Å². The van der Waals surface area contributed by atoms with Crippen molar-refractivity contribution >= 4 is 29.4 Å². The lowest BCUT2D eigenvalue weighted by molar-refractivity contribution is -0.143. The quantitative estimate of drug-likeness (QED) is 0.227. The van der Waals surface area contributed by atoms with Crippen molar-refractivity contribution in [1.82, 2.24) is 4.57 Å². The van der Waals surface area contributed by atoms with E-state index < -0.39 is 18.0 Å². The number of esters is 2. The first-order valence-electron chi connectivity index (χ1n) is 13.9. The molecule has 228 valence electrons. The summed E-state index contributed by atoms with van der Waals surface area (Å²) < 4.78 is 28.4. The molecule has 43 heavy (non-hydrogen) atoms. The number of rotatable bonds is 12. The highest BCUT2D eigenvalue weighted by atomic mass is 32.1. The van der Waals surface area contributed by atoms with Crippen molar-refractivity contribution in [2.75, 3.05) is 40.6 Å². The molecule has 1 atom stereocenters. The topological polar surface area (TPSA) is 115 Å². The third-order valence-electron chi connectivity index (χ3n) is 6.82. The first kappa shape index (κ1) is 31.7. The van der Waals surface area contributed by atoms with E-state index in [9.17, 15) is 14.4 Å². The summed E-state index contributed by atoms with van der Waals surface area (Å²) in [5.74, 6) is 0.0641. The lowest BCUT2D eigenvalue weighted by atomic mass is 9.93. The summed E-state index contributed by atoms with van der Waals surface area (Å²) in [7, 11) is 2.82. The van der Waals surface area contributed by atoms with Gasteiger partial charge in [0.2, 0.25) is 0 Å². The smallest absolute Gasteiger partial charge is 0.343 e. The van der Waals surface area contributed by atoms with Crippen LogP contribution >= 0.6 is 11.3 Å². The van der Waals surface area contributed by atoms with Gasteiger partial charge < -0.3 is 23.7 Å². The fraction of sp³-hybridized carbons (Fsp3) is 0.375. The Morgan fingerprint density at radius 1 is 1.05 bits per heavy atom. The maximum atomic E-state index is 14.0. The molecule has 2 heterocycles. The van der Waals surface area contributed by atoms with Gasteiger partial charge in [0.25, 0.3) is 5.56 Å². The molecule has 0 saturated heterocycles. The summed E-state index contributed by atoms with van der Waals surface area (Å²) in [5.41, 5.74) is 3.10. The minimum absolute atomic E-state index is 0.0804. The Bertz CT molecular complexity index is 1690. The van der Waals surface area contributed by atoms with E-state index >= 15 is 0 Å². The van der Waals surface area contributed by atoms with E-state index in [0.29, 0.717) is 50.2 Å². The Kier molecular flexibility index (Phi) is 10.5. The average molecular weight is 609 g/mol. The zero-order valence-corrected chi connectivity index (χ0v) is 26.0. The van der Waals surface area contributed by atoms with E-state index in [4.69, 9.17) is 18.9 Å². The molecule has 4 rings (SSSR count). The molecule has 1 aromatic heterocycles. The third-order valence-corrected chi connectivity index (χ3v) is 7.80. The molecule has 0 aliphatic carbocycles.